The largest absolute Gasteiger partial charge is 0.311 e. The Kier molecular flexibility index (Phi) is 9.56. The normalized spacial score (nSPS) is 14.1. The average molecular weight is 938 g/mol. The fraction of sp³-hybridized carbons (Fsp3) is 0. The maximum absolute atomic E-state index is 3.21. The third kappa shape index (κ3) is 5.94. The summed E-state index contributed by atoms with van der Waals surface area (Å²) in [5, 5.41) is 13.3. The standard InChI is InChI=1S/C66H47N3Si2/c1-6-26-48(27-7-1)68-60-42-22-25-45-64(60)71(52-32-12-4-13-33-52,53-34-14-5-15-35-53)65-47-49(46-61(66(65)68)69-56-38-18-16-36-54(56)55-37-17-19-39-57(55)69)67-58-40-20-23-43-62(58)70(50-28-8-2-9-29-50,51-30-10-3-11-31-51)63-44-24-21-41-59(63)67/h1-47H. The monoisotopic (exact) mass is 937 g/mol. The van der Waals surface area contributed by atoms with E-state index >= 15 is 0 Å². The topological polar surface area (TPSA) is 11.4 Å². The van der Waals surface area contributed by atoms with E-state index in [0.717, 1.165) is 17.1 Å². The van der Waals surface area contributed by atoms with Gasteiger partial charge < -0.3 is 14.4 Å². The molecular weight excluding hydrogens is 891 g/mol. The third-order valence-corrected chi connectivity index (χ3v) is 24.9. The number of hydrogen-bond donors (Lipinski definition) is 0. The van der Waals surface area contributed by atoms with Gasteiger partial charge in [0.2, 0.25) is 0 Å². The summed E-state index contributed by atoms with van der Waals surface area (Å²) in [7, 11) is -6.12. The Bertz CT molecular complexity index is 3770. The number of nitrogens with zero attached hydrogens (tertiary/aromatic N) is 3. The van der Waals surface area contributed by atoms with Crippen molar-refractivity contribution in [3.8, 4) is 5.69 Å². The van der Waals surface area contributed by atoms with E-state index in [4.69, 9.17) is 0 Å². The van der Waals surface area contributed by atoms with Crippen molar-refractivity contribution in [1.82, 2.24) is 4.57 Å². The third-order valence-electron chi connectivity index (χ3n) is 15.3. The molecule has 0 unspecified atom stereocenters. The Morgan fingerprint density at radius 3 is 1.01 bits per heavy atom. The first-order valence-corrected chi connectivity index (χ1v) is 28.6. The SMILES string of the molecule is c1ccc(N2c3ccccc3[Si](c3ccccc3)(c3ccccc3)c3cc(N4c5ccccc5[Si](c5ccccc5)(c5ccccc5)c5ccccc54)cc(-n4c5ccccc5c5ccccc54)c32)cc1. The molecule has 3 heterocycles. The van der Waals surface area contributed by atoms with Crippen LogP contribution in [0, 0.1) is 0 Å². The number of aromatic nitrogens is 1. The minimum absolute atomic E-state index is 1.12. The zero-order valence-corrected chi connectivity index (χ0v) is 41.0. The molecule has 0 bridgehead atoms. The van der Waals surface area contributed by atoms with Crippen molar-refractivity contribution < 1.29 is 0 Å². The van der Waals surface area contributed by atoms with Crippen molar-refractivity contribution in [2.45, 2.75) is 0 Å². The highest BCUT2D eigenvalue weighted by atomic mass is 28.3. The second-order valence-electron chi connectivity index (χ2n) is 18.8. The predicted octanol–water partition coefficient (Wildman–Crippen LogP) is 11.1. The van der Waals surface area contributed by atoms with E-state index in [0.29, 0.717) is 0 Å². The van der Waals surface area contributed by atoms with Gasteiger partial charge >= 0.3 is 0 Å². The molecule has 2 aliphatic heterocycles. The molecule has 0 aliphatic carbocycles. The Balaban J connectivity index is 1.19. The van der Waals surface area contributed by atoms with E-state index in [-0.39, 0.29) is 0 Å². The molecule has 0 amide bonds. The fourth-order valence-electron chi connectivity index (χ4n) is 12.6. The first kappa shape index (κ1) is 41.2. The molecule has 12 aromatic rings. The van der Waals surface area contributed by atoms with Gasteiger partial charge in [-0.2, -0.15) is 0 Å². The molecule has 0 saturated heterocycles. The molecule has 0 saturated carbocycles. The molecule has 5 heteroatoms. The summed E-state index contributed by atoms with van der Waals surface area (Å²) in [6.07, 6.45) is 0. The van der Waals surface area contributed by atoms with Gasteiger partial charge in [0.25, 0.3) is 0 Å². The molecule has 334 valence electrons. The molecule has 2 aliphatic rings. The zero-order chi connectivity index (χ0) is 46.9. The van der Waals surface area contributed by atoms with Crippen LogP contribution in [0.4, 0.5) is 34.1 Å². The Hall–Kier alpha value is -8.75. The van der Waals surface area contributed by atoms with Crippen molar-refractivity contribution in [3.63, 3.8) is 0 Å². The number of benzene rings is 11. The minimum atomic E-state index is -3.21. The second kappa shape index (κ2) is 16.5. The summed E-state index contributed by atoms with van der Waals surface area (Å²) in [5.41, 5.74) is 10.5. The lowest BCUT2D eigenvalue weighted by molar-refractivity contribution is 1.14. The molecule has 3 nitrogen and oxygen atoms in total. The van der Waals surface area contributed by atoms with Crippen molar-refractivity contribution in [2.24, 2.45) is 0 Å². The Morgan fingerprint density at radius 2 is 0.577 bits per heavy atom. The summed E-state index contributed by atoms with van der Waals surface area (Å²) >= 11 is 0. The summed E-state index contributed by atoms with van der Waals surface area (Å²) in [6, 6.07) is 108. The number of para-hydroxylation sites is 6. The molecule has 14 rings (SSSR count). The number of hydrogen-bond acceptors (Lipinski definition) is 2. The van der Waals surface area contributed by atoms with Crippen molar-refractivity contribution in [2.75, 3.05) is 9.80 Å². The van der Waals surface area contributed by atoms with E-state index in [2.05, 4.69) is 299 Å². The van der Waals surface area contributed by atoms with Crippen LogP contribution in [-0.4, -0.2) is 20.7 Å². The van der Waals surface area contributed by atoms with Crippen LogP contribution in [0.1, 0.15) is 0 Å². The maximum atomic E-state index is 2.61. The highest BCUT2D eigenvalue weighted by Crippen LogP contribution is 2.47. The van der Waals surface area contributed by atoms with E-state index in [1.54, 1.807) is 0 Å². The lowest BCUT2D eigenvalue weighted by Gasteiger charge is -2.48. The van der Waals surface area contributed by atoms with Gasteiger partial charge in [-0.1, -0.05) is 231 Å². The van der Waals surface area contributed by atoms with E-state index in [1.165, 1.54) is 86.0 Å². The van der Waals surface area contributed by atoms with Gasteiger partial charge in [0, 0.05) is 39.2 Å². The molecular formula is C66H47N3Si2. The molecule has 1 aromatic heterocycles. The molecule has 0 atom stereocenters. The van der Waals surface area contributed by atoms with E-state index < -0.39 is 16.1 Å². The number of anilines is 6. The average Bonchev–Trinajstić information content (AvgIpc) is 3.79. The van der Waals surface area contributed by atoms with Crippen LogP contribution in [0.3, 0.4) is 0 Å². The summed E-state index contributed by atoms with van der Waals surface area (Å²) in [5.74, 6) is 0. The number of fused-ring (bicyclic) bond motifs is 7. The molecule has 0 spiro atoms. The lowest BCUT2D eigenvalue weighted by atomic mass is 10.1. The molecule has 0 N–H and O–H groups in total. The van der Waals surface area contributed by atoms with Crippen molar-refractivity contribution >= 4 is 114 Å². The van der Waals surface area contributed by atoms with Crippen LogP contribution >= 0.6 is 0 Å². The van der Waals surface area contributed by atoms with Crippen LogP contribution in [-0.2, 0) is 0 Å². The van der Waals surface area contributed by atoms with Gasteiger partial charge in [-0.05, 0) is 96.1 Å². The van der Waals surface area contributed by atoms with Gasteiger partial charge in [0.1, 0.15) is 0 Å². The highest BCUT2D eigenvalue weighted by Gasteiger charge is 2.52. The molecule has 0 fully saturated rings. The summed E-state index contributed by atoms with van der Waals surface area (Å²) in [4.78, 5) is 5.19. The fourth-order valence-corrected chi connectivity index (χ4v) is 22.8. The number of rotatable bonds is 7. The van der Waals surface area contributed by atoms with Crippen molar-refractivity contribution in [3.05, 3.63) is 285 Å². The minimum Gasteiger partial charge on any atom is -0.311 e. The molecule has 11 aromatic carbocycles. The maximum Gasteiger partial charge on any atom is 0.184 e. The van der Waals surface area contributed by atoms with Gasteiger partial charge in [-0.15, -0.1) is 0 Å². The van der Waals surface area contributed by atoms with Crippen LogP contribution in [0.5, 0.6) is 0 Å². The van der Waals surface area contributed by atoms with Crippen molar-refractivity contribution in [1.29, 1.82) is 0 Å². The first-order chi connectivity index (χ1) is 35.3. The van der Waals surface area contributed by atoms with E-state index in [9.17, 15) is 0 Å². The van der Waals surface area contributed by atoms with Gasteiger partial charge in [-0.3, -0.25) is 0 Å². The Morgan fingerprint density at radius 1 is 0.239 bits per heavy atom. The van der Waals surface area contributed by atoms with Gasteiger partial charge in [-0.25, -0.2) is 0 Å². The van der Waals surface area contributed by atoms with E-state index in [1.807, 2.05) is 0 Å². The predicted molar refractivity (Wildman–Crippen MR) is 304 cm³/mol. The quantitative estimate of drug-likeness (QED) is 0.148. The zero-order valence-electron chi connectivity index (χ0n) is 39.0. The first-order valence-electron chi connectivity index (χ1n) is 24.6. The van der Waals surface area contributed by atoms with Crippen LogP contribution in [0.25, 0.3) is 27.5 Å². The lowest BCUT2D eigenvalue weighted by Crippen LogP contribution is -2.77. The van der Waals surface area contributed by atoms with Crippen LogP contribution in [0.15, 0.2) is 285 Å². The summed E-state index contributed by atoms with van der Waals surface area (Å²) < 4.78 is 2.57. The molecule has 0 radical (unpaired) electrons. The van der Waals surface area contributed by atoms with Crippen LogP contribution in [0.2, 0.25) is 0 Å². The second-order valence-corrected chi connectivity index (χ2v) is 26.2. The van der Waals surface area contributed by atoms with Crippen LogP contribution < -0.4 is 51.3 Å². The Labute approximate surface area is 416 Å². The molecule has 71 heavy (non-hydrogen) atoms. The van der Waals surface area contributed by atoms with Gasteiger partial charge in [0.05, 0.1) is 22.4 Å². The summed E-state index contributed by atoms with van der Waals surface area (Å²) in [6.45, 7) is 0. The van der Waals surface area contributed by atoms with Gasteiger partial charge in [0.15, 0.2) is 16.1 Å². The smallest absolute Gasteiger partial charge is 0.184 e. The highest BCUT2D eigenvalue weighted by molar-refractivity contribution is 7.22.